The number of rotatable bonds is 7. The van der Waals surface area contributed by atoms with Gasteiger partial charge in [0.15, 0.2) is 23.0 Å². The van der Waals surface area contributed by atoms with E-state index in [1.807, 2.05) is 30.3 Å². The van der Waals surface area contributed by atoms with Gasteiger partial charge in [-0.15, -0.1) is 0 Å². The lowest BCUT2D eigenvalue weighted by Gasteiger charge is -2.39. The number of carbonyl (C=O) groups is 1. The Morgan fingerprint density at radius 2 is 1.47 bits per heavy atom. The summed E-state index contributed by atoms with van der Waals surface area (Å²) < 4.78 is 27.2. The van der Waals surface area contributed by atoms with Gasteiger partial charge in [-0.05, 0) is 53.3 Å². The van der Waals surface area contributed by atoms with Crippen molar-refractivity contribution in [3.8, 4) is 23.0 Å². The van der Waals surface area contributed by atoms with Crippen molar-refractivity contribution in [3.63, 3.8) is 0 Å². The first-order chi connectivity index (χ1) is 14.5. The van der Waals surface area contributed by atoms with Crippen molar-refractivity contribution in [2.45, 2.75) is 25.7 Å². The summed E-state index contributed by atoms with van der Waals surface area (Å²) in [6.45, 7) is 2.11. The zero-order valence-corrected chi connectivity index (χ0v) is 18.5. The van der Waals surface area contributed by atoms with E-state index in [0.717, 1.165) is 23.1 Å². The van der Waals surface area contributed by atoms with E-state index in [2.05, 4.69) is 6.92 Å². The van der Waals surface area contributed by atoms with Crippen LogP contribution in [0.1, 0.15) is 36.0 Å². The zero-order valence-electron chi connectivity index (χ0n) is 18.5. The van der Waals surface area contributed by atoms with Crippen LogP contribution in [0, 0.1) is 11.8 Å². The standard InChI is InChI=1S/C24H30O6/c1-7-16-18(24(25)30-6)10-15-12-21(28-4)22(29-5)13-17(15)23(16)14-8-9-19(26-2)20(11-14)27-3/h8-9,11-13,16,18,23H,7,10H2,1-6H3/t16-,18+,23+/m0/s1. The summed E-state index contributed by atoms with van der Waals surface area (Å²) in [5.41, 5.74) is 3.25. The number of esters is 1. The van der Waals surface area contributed by atoms with Crippen LogP contribution in [0.2, 0.25) is 0 Å². The van der Waals surface area contributed by atoms with Crippen LogP contribution in [0.3, 0.4) is 0 Å². The molecule has 2 aromatic rings. The minimum atomic E-state index is -0.247. The molecule has 0 saturated heterocycles. The van der Waals surface area contributed by atoms with Gasteiger partial charge in [-0.1, -0.05) is 19.4 Å². The maximum absolute atomic E-state index is 12.7. The molecule has 0 unspecified atom stereocenters. The predicted molar refractivity (Wildman–Crippen MR) is 114 cm³/mol. The monoisotopic (exact) mass is 414 g/mol. The number of benzene rings is 2. The lowest BCUT2D eigenvalue weighted by atomic mass is 9.65. The van der Waals surface area contributed by atoms with Gasteiger partial charge >= 0.3 is 5.97 Å². The highest BCUT2D eigenvalue weighted by molar-refractivity contribution is 5.74. The average Bonchev–Trinajstić information content (AvgIpc) is 2.80. The lowest BCUT2D eigenvalue weighted by Crippen LogP contribution is -2.36. The Kier molecular flexibility index (Phi) is 6.75. The van der Waals surface area contributed by atoms with E-state index in [9.17, 15) is 4.79 Å². The molecule has 0 fully saturated rings. The molecule has 0 saturated carbocycles. The number of carbonyl (C=O) groups excluding carboxylic acids is 1. The normalized spacial score (nSPS) is 20.1. The van der Waals surface area contributed by atoms with Crippen molar-refractivity contribution >= 4 is 5.97 Å². The van der Waals surface area contributed by atoms with Crippen molar-refractivity contribution in [1.29, 1.82) is 0 Å². The van der Waals surface area contributed by atoms with Gasteiger partial charge < -0.3 is 23.7 Å². The van der Waals surface area contributed by atoms with Crippen molar-refractivity contribution in [3.05, 3.63) is 47.0 Å². The fourth-order valence-corrected chi connectivity index (χ4v) is 4.66. The molecular weight excluding hydrogens is 384 g/mol. The van der Waals surface area contributed by atoms with Crippen molar-refractivity contribution < 1.29 is 28.5 Å². The first kappa shape index (κ1) is 21.8. The summed E-state index contributed by atoms with van der Waals surface area (Å²) in [7, 11) is 7.94. The Morgan fingerprint density at radius 3 is 2.03 bits per heavy atom. The Hall–Kier alpha value is -2.89. The van der Waals surface area contributed by atoms with Gasteiger partial charge in [0.2, 0.25) is 0 Å². The van der Waals surface area contributed by atoms with Gasteiger partial charge in [-0.3, -0.25) is 4.79 Å². The molecule has 1 aliphatic rings. The summed E-state index contributed by atoms with van der Waals surface area (Å²) in [5.74, 6) is 2.27. The third kappa shape index (κ3) is 3.78. The molecule has 3 atom stereocenters. The maximum Gasteiger partial charge on any atom is 0.309 e. The van der Waals surface area contributed by atoms with E-state index in [-0.39, 0.29) is 23.7 Å². The van der Waals surface area contributed by atoms with E-state index < -0.39 is 0 Å². The van der Waals surface area contributed by atoms with Crippen LogP contribution in [0.15, 0.2) is 30.3 Å². The van der Waals surface area contributed by atoms with Crippen molar-refractivity contribution in [1.82, 2.24) is 0 Å². The highest BCUT2D eigenvalue weighted by Crippen LogP contribution is 2.49. The van der Waals surface area contributed by atoms with E-state index >= 15 is 0 Å². The topological polar surface area (TPSA) is 63.2 Å². The molecule has 0 aromatic heterocycles. The van der Waals surface area contributed by atoms with Gasteiger partial charge in [0.1, 0.15) is 0 Å². The van der Waals surface area contributed by atoms with Gasteiger partial charge in [0.05, 0.1) is 41.5 Å². The van der Waals surface area contributed by atoms with E-state index in [1.54, 1.807) is 28.4 Å². The molecule has 0 amide bonds. The Balaban J connectivity index is 2.23. The number of hydrogen-bond donors (Lipinski definition) is 0. The summed E-state index contributed by atoms with van der Waals surface area (Å²) in [6, 6.07) is 9.94. The molecule has 0 radical (unpaired) electrons. The number of hydrogen-bond acceptors (Lipinski definition) is 6. The molecular formula is C24H30O6. The highest BCUT2D eigenvalue weighted by Gasteiger charge is 2.41. The van der Waals surface area contributed by atoms with Crippen LogP contribution in [-0.4, -0.2) is 41.5 Å². The van der Waals surface area contributed by atoms with Crippen LogP contribution < -0.4 is 18.9 Å². The summed E-state index contributed by atoms with van der Waals surface area (Å²) >= 11 is 0. The number of fused-ring (bicyclic) bond motifs is 1. The summed E-state index contributed by atoms with van der Waals surface area (Å²) in [4.78, 5) is 12.7. The van der Waals surface area contributed by atoms with Crippen LogP contribution >= 0.6 is 0 Å². The molecule has 30 heavy (non-hydrogen) atoms. The first-order valence-corrected chi connectivity index (χ1v) is 10.1. The molecule has 3 rings (SSSR count). The second-order valence-electron chi connectivity index (χ2n) is 7.40. The SMILES string of the molecule is CC[C@@H]1[C@@H](c2ccc(OC)c(OC)c2)c2cc(OC)c(OC)cc2C[C@H]1C(=O)OC. The summed E-state index contributed by atoms with van der Waals surface area (Å²) in [5, 5.41) is 0. The largest absolute Gasteiger partial charge is 0.493 e. The molecule has 1 aliphatic carbocycles. The van der Waals surface area contributed by atoms with Crippen molar-refractivity contribution in [2.24, 2.45) is 11.8 Å². The van der Waals surface area contributed by atoms with Gasteiger partial charge in [0, 0.05) is 5.92 Å². The van der Waals surface area contributed by atoms with Gasteiger partial charge in [-0.2, -0.15) is 0 Å². The number of ether oxygens (including phenoxy) is 5. The first-order valence-electron chi connectivity index (χ1n) is 10.1. The third-order valence-electron chi connectivity index (χ3n) is 6.11. The lowest BCUT2D eigenvalue weighted by molar-refractivity contribution is -0.148. The quantitative estimate of drug-likeness (QED) is 0.632. The highest BCUT2D eigenvalue weighted by atomic mass is 16.5. The minimum absolute atomic E-state index is 0.0255. The minimum Gasteiger partial charge on any atom is -0.493 e. The Labute approximate surface area is 178 Å². The molecule has 0 spiro atoms. The predicted octanol–water partition coefficient (Wildman–Crippen LogP) is 4.22. The van der Waals surface area contributed by atoms with Crippen LogP contribution in [0.5, 0.6) is 23.0 Å². The van der Waals surface area contributed by atoms with Crippen LogP contribution in [-0.2, 0) is 16.0 Å². The van der Waals surface area contributed by atoms with Gasteiger partial charge in [-0.25, -0.2) is 0 Å². The third-order valence-corrected chi connectivity index (χ3v) is 6.11. The maximum atomic E-state index is 12.7. The molecule has 2 aromatic carbocycles. The molecule has 6 heteroatoms. The molecule has 0 bridgehead atoms. The molecule has 0 aliphatic heterocycles. The van der Waals surface area contributed by atoms with E-state index in [1.165, 1.54) is 7.11 Å². The average molecular weight is 414 g/mol. The van der Waals surface area contributed by atoms with E-state index in [4.69, 9.17) is 23.7 Å². The Bertz CT molecular complexity index is 907. The molecule has 0 N–H and O–H groups in total. The fourth-order valence-electron chi connectivity index (χ4n) is 4.66. The molecule has 6 nitrogen and oxygen atoms in total. The van der Waals surface area contributed by atoms with Crippen LogP contribution in [0.4, 0.5) is 0 Å². The molecule has 0 heterocycles. The number of methoxy groups -OCH3 is 5. The molecule has 162 valence electrons. The Morgan fingerprint density at radius 1 is 0.867 bits per heavy atom. The summed E-state index contributed by atoms with van der Waals surface area (Å²) in [6.07, 6.45) is 1.43. The zero-order chi connectivity index (χ0) is 21.8. The van der Waals surface area contributed by atoms with Gasteiger partial charge in [0.25, 0.3) is 0 Å². The van der Waals surface area contributed by atoms with Crippen LogP contribution in [0.25, 0.3) is 0 Å². The second-order valence-corrected chi connectivity index (χ2v) is 7.40. The smallest absolute Gasteiger partial charge is 0.309 e. The second kappa shape index (κ2) is 9.28. The van der Waals surface area contributed by atoms with Crippen molar-refractivity contribution in [2.75, 3.05) is 35.5 Å². The fraction of sp³-hybridized carbons (Fsp3) is 0.458. The van der Waals surface area contributed by atoms with E-state index in [0.29, 0.717) is 29.4 Å².